The van der Waals surface area contributed by atoms with Crippen LogP contribution in [0.2, 0.25) is 0 Å². The quantitative estimate of drug-likeness (QED) is 0.801. The van der Waals surface area contributed by atoms with Gasteiger partial charge in [-0.2, -0.15) is 0 Å². The highest BCUT2D eigenvalue weighted by Gasteiger charge is 2.49. The molecule has 2 atom stereocenters. The molecule has 4 nitrogen and oxygen atoms in total. The molecule has 0 aromatic carbocycles. The fourth-order valence-corrected chi connectivity index (χ4v) is 4.69. The Kier molecular flexibility index (Phi) is 4.43. The summed E-state index contributed by atoms with van der Waals surface area (Å²) < 4.78 is 5.84. The van der Waals surface area contributed by atoms with Crippen molar-refractivity contribution in [3.63, 3.8) is 0 Å². The molecule has 1 amide bonds. The van der Waals surface area contributed by atoms with Gasteiger partial charge in [0.25, 0.3) is 0 Å². The van der Waals surface area contributed by atoms with Crippen molar-refractivity contribution in [1.29, 1.82) is 0 Å². The lowest BCUT2D eigenvalue weighted by Gasteiger charge is -2.33. The molecule has 0 spiro atoms. The minimum Gasteiger partial charge on any atom is -0.445 e. The lowest BCUT2D eigenvalue weighted by molar-refractivity contribution is 0.0598. The van der Waals surface area contributed by atoms with Crippen molar-refractivity contribution in [3.8, 4) is 0 Å². The smallest absolute Gasteiger partial charge is 0.410 e. The fraction of sp³-hybridized carbons (Fsp3) is 0.941. The maximum Gasteiger partial charge on any atom is 0.410 e. The molecule has 3 fully saturated rings. The van der Waals surface area contributed by atoms with Crippen molar-refractivity contribution in [2.75, 3.05) is 26.2 Å². The van der Waals surface area contributed by atoms with Gasteiger partial charge in [0, 0.05) is 31.6 Å². The van der Waals surface area contributed by atoms with Crippen molar-refractivity contribution in [3.05, 3.63) is 0 Å². The number of amides is 1. The van der Waals surface area contributed by atoms with Crippen molar-refractivity contribution in [2.24, 2.45) is 5.92 Å². The molecule has 0 saturated carbocycles. The van der Waals surface area contributed by atoms with E-state index in [1.807, 2.05) is 4.90 Å². The molecular formula is C17H30N2O2. The molecule has 3 rings (SSSR count). The Balaban J connectivity index is 1.57. The van der Waals surface area contributed by atoms with Gasteiger partial charge in [-0.15, -0.1) is 0 Å². The predicted octanol–water partition coefficient (Wildman–Crippen LogP) is 3.26. The molecule has 0 N–H and O–H groups in total. The van der Waals surface area contributed by atoms with Crippen LogP contribution in [0.5, 0.6) is 0 Å². The monoisotopic (exact) mass is 294 g/mol. The zero-order valence-electron chi connectivity index (χ0n) is 13.6. The van der Waals surface area contributed by atoms with Crippen LogP contribution < -0.4 is 0 Å². The topological polar surface area (TPSA) is 32.8 Å². The zero-order chi connectivity index (χ0) is 14.9. The number of piperidine rings is 1. The molecule has 0 bridgehead atoms. The van der Waals surface area contributed by atoms with E-state index in [1.54, 1.807) is 0 Å². The highest BCUT2D eigenvalue weighted by molar-refractivity contribution is 5.68. The number of hydrogen-bond acceptors (Lipinski definition) is 3. The first-order valence-electron chi connectivity index (χ1n) is 8.80. The van der Waals surface area contributed by atoms with Crippen LogP contribution in [0.15, 0.2) is 0 Å². The number of hydrogen-bond donors (Lipinski definition) is 0. The third-order valence-electron chi connectivity index (χ3n) is 5.44. The number of ether oxygens (including phenoxy) is 1. The molecule has 0 aromatic rings. The highest BCUT2D eigenvalue weighted by Crippen LogP contribution is 2.44. The summed E-state index contributed by atoms with van der Waals surface area (Å²) in [6.07, 6.45) is 8.42. The summed E-state index contributed by atoms with van der Waals surface area (Å²) in [7, 11) is 0. The van der Waals surface area contributed by atoms with E-state index < -0.39 is 0 Å². The second-order valence-corrected chi connectivity index (χ2v) is 7.63. The Morgan fingerprint density at radius 1 is 1.19 bits per heavy atom. The molecule has 4 heteroatoms. The summed E-state index contributed by atoms with van der Waals surface area (Å²) in [5.74, 6) is 0.710. The van der Waals surface area contributed by atoms with Gasteiger partial charge >= 0.3 is 6.09 Å². The van der Waals surface area contributed by atoms with Gasteiger partial charge in [-0.3, -0.25) is 4.90 Å². The molecule has 0 aliphatic carbocycles. The Morgan fingerprint density at radius 3 is 2.67 bits per heavy atom. The van der Waals surface area contributed by atoms with Crippen LogP contribution >= 0.6 is 0 Å². The standard InChI is InChI=1S/C17H30N2O2/c1-14(2)11-17-7-6-10-19(17)13-15(12-17)21-16(20)18-8-4-3-5-9-18/h14-15H,3-13H2,1-2H3/t15-,17+/m0/s1. The Hall–Kier alpha value is -0.770. The van der Waals surface area contributed by atoms with Gasteiger partial charge in [-0.1, -0.05) is 13.8 Å². The van der Waals surface area contributed by atoms with Gasteiger partial charge in [0.15, 0.2) is 0 Å². The summed E-state index contributed by atoms with van der Waals surface area (Å²) in [4.78, 5) is 16.8. The number of likely N-dealkylation sites (tertiary alicyclic amines) is 1. The number of rotatable bonds is 3. The van der Waals surface area contributed by atoms with E-state index in [0.29, 0.717) is 11.5 Å². The predicted molar refractivity (Wildman–Crippen MR) is 83.3 cm³/mol. The second kappa shape index (κ2) is 6.15. The van der Waals surface area contributed by atoms with Crippen molar-refractivity contribution < 1.29 is 9.53 Å². The van der Waals surface area contributed by atoms with E-state index in [4.69, 9.17) is 4.74 Å². The van der Waals surface area contributed by atoms with E-state index in [-0.39, 0.29) is 12.2 Å². The van der Waals surface area contributed by atoms with Gasteiger partial charge in [0.1, 0.15) is 6.10 Å². The normalized spacial score (nSPS) is 33.5. The van der Waals surface area contributed by atoms with Crippen LogP contribution in [-0.2, 0) is 4.74 Å². The van der Waals surface area contributed by atoms with E-state index in [1.165, 1.54) is 32.2 Å². The van der Waals surface area contributed by atoms with Gasteiger partial charge in [-0.05, 0) is 51.0 Å². The number of fused-ring (bicyclic) bond motifs is 1. The highest BCUT2D eigenvalue weighted by atomic mass is 16.6. The van der Waals surface area contributed by atoms with Crippen molar-refractivity contribution >= 4 is 6.09 Å². The Morgan fingerprint density at radius 2 is 1.95 bits per heavy atom. The zero-order valence-corrected chi connectivity index (χ0v) is 13.6. The number of carbonyl (C=O) groups is 1. The molecule has 21 heavy (non-hydrogen) atoms. The van der Waals surface area contributed by atoms with Crippen LogP contribution in [0.4, 0.5) is 4.79 Å². The first-order valence-corrected chi connectivity index (χ1v) is 8.80. The third-order valence-corrected chi connectivity index (χ3v) is 5.44. The van der Waals surface area contributed by atoms with Crippen molar-refractivity contribution in [1.82, 2.24) is 9.80 Å². The second-order valence-electron chi connectivity index (χ2n) is 7.63. The van der Waals surface area contributed by atoms with E-state index >= 15 is 0 Å². The van der Waals surface area contributed by atoms with Gasteiger partial charge in [-0.25, -0.2) is 4.79 Å². The van der Waals surface area contributed by atoms with Crippen LogP contribution in [-0.4, -0.2) is 53.7 Å². The minimum absolute atomic E-state index is 0.0689. The molecule has 3 heterocycles. The molecule has 3 aliphatic heterocycles. The lowest BCUT2D eigenvalue weighted by Crippen LogP contribution is -2.39. The van der Waals surface area contributed by atoms with Crippen LogP contribution in [0.3, 0.4) is 0 Å². The largest absolute Gasteiger partial charge is 0.445 e. The SMILES string of the molecule is CC(C)C[C@@]12CCCN1C[C@@H](OC(=O)N1CCCCC1)C2. The first-order chi connectivity index (χ1) is 10.1. The first kappa shape index (κ1) is 15.1. The van der Waals surface area contributed by atoms with E-state index in [2.05, 4.69) is 18.7 Å². The minimum atomic E-state index is -0.0689. The van der Waals surface area contributed by atoms with Crippen LogP contribution in [0, 0.1) is 5.92 Å². The summed E-state index contributed by atoms with van der Waals surface area (Å²) in [6, 6.07) is 0. The fourth-order valence-electron chi connectivity index (χ4n) is 4.69. The Bertz CT molecular complexity index is 379. The third kappa shape index (κ3) is 3.20. The number of nitrogens with zero attached hydrogens (tertiary/aromatic N) is 2. The van der Waals surface area contributed by atoms with Crippen LogP contribution in [0.25, 0.3) is 0 Å². The van der Waals surface area contributed by atoms with E-state index in [0.717, 1.165) is 38.9 Å². The van der Waals surface area contributed by atoms with Crippen molar-refractivity contribution in [2.45, 2.75) is 70.4 Å². The molecule has 3 aliphatic rings. The van der Waals surface area contributed by atoms with Gasteiger partial charge in [0.2, 0.25) is 0 Å². The lowest BCUT2D eigenvalue weighted by atomic mass is 9.85. The number of carbonyl (C=O) groups excluding carboxylic acids is 1. The molecular weight excluding hydrogens is 264 g/mol. The van der Waals surface area contributed by atoms with E-state index in [9.17, 15) is 4.79 Å². The summed E-state index contributed by atoms with van der Waals surface area (Å²) in [6.45, 7) is 8.51. The molecule has 0 aromatic heterocycles. The summed E-state index contributed by atoms with van der Waals surface area (Å²) in [5, 5.41) is 0. The molecule has 0 unspecified atom stereocenters. The average molecular weight is 294 g/mol. The van der Waals surface area contributed by atoms with Gasteiger partial charge < -0.3 is 9.64 Å². The van der Waals surface area contributed by atoms with Crippen LogP contribution in [0.1, 0.15) is 58.8 Å². The molecule has 3 saturated heterocycles. The molecule has 120 valence electrons. The molecule has 0 radical (unpaired) electrons. The van der Waals surface area contributed by atoms with Gasteiger partial charge in [0.05, 0.1) is 0 Å². The average Bonchev–Trinajstić information content (AvgIpc) is 2.94. The maximum atomic E-state index is 12.3. The maximum absolute atomic E-state index is 12.3. The summed E-state index contributed by atoms with van der Waals surface area (Å²) >= 11 is 0. The Labute approximate surface area is 128 Å². The summed E-state index contributed by atoms with van der Waals surface area (Å²) in [5.41, 5.74) is 0.320.